The van der Waals surface area contributed by atoms with Crippen LogP contribution in [0.3, 0.4) is 0 Å². The van der Waals surface area contributed by atoms with Crippen molar-refractivity contribution in [3.63, 3.8) is 0 Å². The van der Waals surface area contributed by atoms with Crippen LogP contribution in [0.25, 0.3) is 0 Å². The van der Waals surface area contributed by atoms with E-state index in [1.807, 2.05) is 6.07 Å². The highest BCUT2D eigenvalue weighted by molar-refractivity contribution is 7.14. The van der Waals surface area contributed by atoms with Crippen molar-refractivity contribution in [1.29, 1.82) is 0 Å². The van der Waals surface area contributed by atoms with Crippen LogP contribution in [0, 0.1) is 5.92 Å². The molecule has 2 rings (SSSR count). The highest BCUT2D eigenvalue weighted by Gasteiger charge is 2.23. The van der Waals surface area contributed by atoms with Crippen LogP contribution in [0.15, 0.2) is 6.07 Å². The quantitative estimate of drug-likeness (QED) is 0.922. The van der Waals surface area contributed by atoms with E-state index in [4.69, 9.17) is 5.11 Å². The molecule has 1 N–H and O–H groups in total. The molecule has 5 heteroatoms. The fraction of sp³-hybridized carbons (Fsp3) is 0.571. The molecule has 0 radical (unpaired) electrons. The van der Waals surface area contributed by atoms with E-state index in [0.29, 0.717) is 4.88 Å². The molecule has 1 aliphatic rings. The number of carbonyl (C=O) groups is 2. The SMILES string of the molecule is CCC1CCc2sc(C(=O)N(C)CC(=O)O)cc2C1. The predicted molar refractivity (Wildman–Crippen MR) is 74.7 cm³/mol. The van der Waals surface area contributed by atoms with E-state index < -0.39 is 5.97 Å². The number of carboxylic acids is 1. The van der Waals surface area contributed by atoms with Gasteiger partial charge in [-0.25, -0.2) is 0 Å². The van der Waals surface area contributed by atoms with Gasteiger partial charge in [0.05, 0.1) is 4.88 Å². The maximum absolute atomic E-state index is 12.1. The van der Waals surface area contributed by atoms with Crippen LogP contribution in [-0.4, -0.2) is 35.5 Å². The molecule has 1 aliphatic carbocycles. The third kappa shape index (κ3) is 3.15. The van der Waals surface area contributed by atoms with Gasteiger partial charge in [0.1, 0.15) is 6.54 Å². The average molecular weight is 281 g/mol. The van der Waals surface area contributed by atoms with E-state index in [1.165, 1.54) is 46.6 Å². The van der Waals surface area contributed by atoms with Crippen molar-refractivity contribution in [3.05, 3.63) is 21.4 Å². The maximum atomic E-state index is 12.1. The summed E-state index contributed by atoms with van der Waals surface area (Å²) in [5.74, 6) is -0.445. The molecule has 0 saturated carbocycles. The minimum atomic E-state index is -0.983. The molecule has 1 atom stereocenters. The van der Waals surface area contributed by atoms with Gasteiger partial charge in [0, 0.05) is 11.9 Å². The van der Waals surface area contributed by atoms with Gasteiger partial charge in [0.2, 0.25) is 0 Å². The molecule has 0 aromatic carbocycles. The molecule has 1 amide bonds. The van der Waals surface area contributed by atoms with Crippen LogP contribution >= 0.6 is 11.3 Å². The zero-order valence-corrected chi connectivity index (χ0v) is 12.1. The van der Waals surface area contributed by atoms with Crippen molar-refractivity contribution in [2.75, 3.05) is 13.6 Å². The summed E-state index contributed by atoms with van der Waals surface area (Å²) in [4.78, 5) is 26.0. The highest BCUT2D eigenvalue weighted by atomic mass is 32.1. The number of carbonyl (C=O) groups excluding carboxylic acids is 1. The Kier molecular flexibility index (Phi) is 4.24. The molecule has 1 unspecified atom stereocenters. The zero-order chi connectivity index (χ0) is 14.0. The zero-order valence-electron chi connectivity index (χ0n) is 11.3. The Hall–Kier alpha value is -1.36. The van der Waals surface area contributed by atoms with E-state index >= 15 is 0 Å². The van der Waals surface area contributed by atoms with Crippen molar-refractivity contribution in [2.45, 2.75) is 32.6 Å². The smallest absolute Gasteiger partial charge is 0.323 e. The molecule has 1 aromatic rings. The van der Waals surface area contributed by atoms with Crippen LogP contribution in [0.2, 0.25) is 0 Å². The Morgan fingerprint density at radius 2 is 2.26 bits per heavy atom. The van der Waals surface area contributed by atoms with Crippen molar-refractivity contribution in [3.8, 4) is 0 Å². The molecule has 0 fully saturated rings. The molecular formula is C14H19NO3S. The largest absolute Gasteiger partial charge is 0.480 e. The number of carboxylic acid groups (broad SMARTS) is 1. The van der Waals surface area contributed by atoms with Crippen LogP contribution in [0.5, 0.6) is 0 Å². The molecule has 0 bridgehead atoms. The Bertz CT molecular complexity index is 495. The Balaban J connectivity index is 2.12. The number of fused-ring (bicyclic) bond motifs is 1. The lowest BCUT2D eigenvalue weighted by atomic mass is 9.87. The summed E-state index contributed by atoms with van der Waals surface area (Å²) in [6, 6.07) is 1.96. The van der Waals surface area contributed by atoms with Crippen molar-refractivity contribution >= 4 is 23.2 Å². The van der Waals surface area contributed by atoms with Gasteiger partial charge >= 0.3 is 5.97 Å². The molecule has 0 spiro atoms. The first kappa shape index (κ1) is 14.1. The highest BCUT2D eigenvalue weighted by Crippen LogP contribution is 2.33. The van der Waals surface area contributed by atoms with Crippen molar-refractivity contribution in [1.82, 2.24) is 4.90 Å². The summed E-state index contributed by atoms with van der Waals surface area (Å²) in [6.07, 6.45) is 4.48. The Morgan fingerprint density at radius 1 is 1.53 bits per heavy atom. The number of nitrogens with zero attached hydrogens (tertiary/aromatic N) is 1. The molecule has 1 aromatic heterocycles. The molecule has 1 heterocycles. The monoisotopic (exact) mass is 281 g/mol. The summed E-state index contributed by atoms with van der Waals surface area (Å²) < 4.78 is 0. The minimum absolute atomic E-state index is 0.185. The van der Waals surface area contributed by atoms with Gasteiger partial charge in [-0.2, -0.15) is 0 Å². The number of likely N-dealkylation sites (N-methyl/N-ethyl adjacent to an activating group) is 1. The fourth-order valence-electron chi connectivity index (χ4n) is 2.52. The standard InChI is InChI=1S/C14H19NO3S/c1-3-9-4-5-11-10(6-9)7-12(19-11)14(18)15(2)8-13(16)17/h7,9H,3-6,8H2,1-2H3,(H,16,17). The maximum Gasteiger partial charge on any atom is 0.323 e. The summed E-state index contributed by atoms with van der Waals surface area (Å²) in [5, 5.41) is 8.72. The number of rotatable bonds is 4. The summed E-state index contributed by atoms with van der Waals surface area (Å²) in [6.45, 7) is 1.95. The Morgan fingerprint density at radius 3 is 2.89 bits per heavy atom. The second-order valence-corrected chi connectivity index (χ2v) is 6.27. The summed E-state index contributed by atoms with van der Waals surface area (Å²) in [7, 11) is 1.53. The fourth-order valence-corrected chi connectivity index (χ4v) is 3.72. The van der Waals surface area contributed by atoms with E-state index in [1.54, 1.807) is 0 Å². The number of hydrogen-bond acceptors (Lipinski definition) is 3. The minimum Gasteiger partial charge on any atom is -0.480 e. The Labute approximate surface area is 117 Å². The first-order valence-electron chi connectivity index (χ1n) is 6.60. The molecule has 0 saturated heterocycles. The third-order valence-electron chi connectivity index (χ3n) is 3.69. The van der Waals surface area contributed by atoms with E-state index in [2.05, 4.69) is 6.92 Å². The van der Waals surface area contributed by atoms with Gasteiger partial charge in [-0.1, -0.05) is 13.3 Å². The number of hydrogen-bond donors (Lipinski definition) is 1. The van der Waals surface area contributed by atoms with Crippen LogP contribution in [0.4, 0.5) is 0 Å². The third-order valence-corrected chi connectivity index (χ3v) is 4.92. The van der Waals surface area contributed by atoms with Gasteiger partial charge in [-0.15, -0.1) is 11.3 Å². The first-order chi connectivity index (χ1) is 9.01. The number of thiophene rings is 1. The summed E-state index contributed by atoms with van der Waals surface area (Å²) >= 11 is 1.53. The number of amides is 1. The van der Waals surface area contributed by atoms with Crippen molar-refractivity contribution in [2.24, 2.45) is 5.92 Å². The van der Waals surface area contributed by atoms with Crippen molar-refractivity contribution < 1.29 is 14.7 Å². The molecular weight excluding hydrogens is 262 g/mol. The predicted octanol–water partition coefficient (Wildman–Crippen LogP) is 2.42. The topological polar surface area (TPSA) is 57.6 Å². The second kappa shape index (κ2) is 5.74. The second-order valence-electron chi connectivity index (χ2n) is 5.13. The van der Waals surface area contributed by atoms with Crippen LogP contribution < -0.4 is 0 Å². The lowest BCUT2D eigenvalue weighted by molar-refractivity contribution is -0.137. The van der Waals surface area contributed by atoms with Gasteiger partial charge < -0.3 is 10.0 Å². The molecule has 19 heavy (non-hydrogen) atoms. The lowest BCUT2D eigenvalue weighted by Gasteiger charge is -2.19. The van der Waals surface area contributed by atoms with Crippen LogP contribution in [0.1, 0.15) is 39.9 Å². The van der Waals surface area contributed by atoms with Gasteiger partial charge in [0.25, 0.3) is 5.91 Å². The summed E-state index contributed by atoms with van der Waals surface area (Å²) in [5.41, 5.74) is 1.29. The van der Waals surface area contributed by atoms with E-state index in [9.17, 15) is 9.59 Å². The van der Waals surface area contributed by atoms with E-state index in [-0.39, 0.29) is 12.5 Å². The van der Waals surface area contributed by atoms with Gasteiger partial charge in [0.15, 0.2) is 0 Å². The van der Waals surface area contributed by atoms with Crippen LogP contribution in [-0.2, 0) is 17.6 Å². The number of aryl methyl sites for hydroxylation is 1. The number of aliphatic carboxylic acids is 1. The molecule has 4 nitrogen and oxygen atoms in total. The van der Waals surface area contributed by atoms with Gasteiger partial charge in [-0.05, 0) is 36.8 Å². The molecule has 104 valence electrons. The van der Waals surface area contributed by atoms with E-state index in [0.717, 1.165) is 18.8 Å². The average Bonchev–Trinajstić information content (AvgIpc) is 2.79. The lowest BCUT2D eigenvalue weighted by Crippen LogP contribution is -2.31. The first-order valence-corrected chi connectivity index (χ1v) is 7.41. The normalized spacial score (nSPS) is 17.9. The van der Waals surface area contributed by atoms with Gasteiger partial charge in [-0.3, -0.25) is 9.59 Å². The molecule has 0 aliphatic heterocycles.